The van der Waals surface area contributed by atoms with Gasteiger partial charge in [0.25, 0.3) is 0 Å². The Hall–Kier alpha value is -1.10. The lowest BCUT2D eigenvalue weighted by Crippen LogP contribution is -2.46. The minimum atomic E-state index is 0.0432. The van der Waals surface area contributed by atoms with Crippen LogP contribution in [0.25, 0.3) is 0 Å². The Kier molecular flexibility index (Phi) is 8.35. The smallest absolute Gasteiger partial charge is 0.222 e. The second-order valence-corrected chi connectivity index (χ2v) is 6.14. The Bertz CT molecular complexity index is 325. The average Bonchev–Trinajstić information content (AvgIpc) is 2.44. The Morgan fingerprint density at radius 1 is 1.24 bits per heavy atom. The van der Waals surface area contributed by atoms with Gasteiger partial charge in [0.2, 0.25) is 11.8 Å². The van der Waals surface area contributed by atoms with Gasteiger partial charge in [-0.3, -0.25) is 9.59 Å². The number of carbonyl (C=O) groups excluding carboxylic acids is 2. The van der Waals surface area contributed by atoms with Gasteiger partial charge in [-0.15, -0.1) is 0 Å². The monoisotopic (exact) mass is 297 g/mol. The van der Waals surface area contributed by atoms with Crippen LogP contribution in [0.2, 0.25) is 0 Å². The highest BCUT2D eigenvalue weighted by atomic mass is 16.2. The first-order valence-corrected chi connectivity index (χ1v) is 8.34. The summed E-state index contributed by atoms with van der Waals surface area (Å²) in [5.41, 5.74) is 0. The molecule has 5 nitrogen and oxygen atoms in total. The van der Waals surface area contributed by atoms with E-state index in [0.29, 0.717) is 25.3 Å². The van der Waals surface area contributed by atoms with Gasteiger partial charge in [0.1, 0.15) is 0 Å². The standard InChI is InChI=1S/C16H31N3O2/c1-4-12-19(14-8-10-17-11-9-14)16(21)7-5-6-15(20)18-13(2)3/h13-14,17H,4-12H2,1-3H3,(H,18,20). The van der Waals surface area contributed by atoms with Crippen molar-refractivity contribution in [1.82, 2.24) is 15.5 Å². The SMILES string of the molecule is CCCN(C(=O)CCCC(=O)NC(C)C)C1CCNCC1. The Morgan fingerprint density at radius 2 is 1.90 bits per heavy atom. The summed E-state index contributed by atoms with van der Waals surface area (Å²) < 4.78 is 0. The Labute approximate surface area is 128 Å². The molecule has 0 aromatic rings. The number of nitrogens with one attached hydrogen (secondary N) is 2. The van der Waals surface area contributed by atoms with Gasteiger partial charge in [0, 0.05) is 31.5 Å². The molecule has 0 spiro atoms. The highest BCUT2D eigenvalue weighted by Crippen LogP contribution is 2.15. The molecule has 0 aromatic carbocycles. The zero-order valence-electron chi connectivity index (χ0n) is 13.8. The van der Waals surface area contributed by atoms with E-state index < -0.39 is 0 Å². The van der Waals surface area contributed by atoms with Crippen molar-refractivity contribution in [2.45, 2.75) is 71.4 Å². The summed E-state index contributed by atoms with van der Waals surface area (Å²) in [7, 11) is 0. The molecular formula is C16H31N3O2. The molecule has 1 saturated heterocycles. The van der Waals surface area contributed by atoms with Crippen LogP contribution in [0.1, 0.15) is 59.3 Å². The summed E-state index contributed by atoms with van der Waals surface area (Å²) in [6.07, 6.45) is 4.64. The van der Waals surface area contributed by atoms with E-state index in [1.165, 1.54) is 0 Å². The molecule has 1 fully saturated rings. The van der Waals surface area contributed by atoms with Crippen molar-refractivity contribution < 1.29 is 9.59 Å². The Balaban J connectivity index is 2.36. The number of amides is 2. The van der Waals surface area contributed by atoms with Crippen LogP contribution in [-0.4, -0.2) is 48.4 Å². The molecule has 1 rings (SSSR count). The van der Waals surface area contributed by atoms with E-state index in [2.05, 4.69) is 17.6 Å². The number of piperidine rings is 1. The third kappa shape index (κ3) is 6.93. The zero-order chi connectivity index (χ0) is 15.7. The van der Waals surface area contributed by atoms with Crippen LogP contribution in [0.3, 0.4) is 0 Å². The first-order valence-electron chi connectivity index (χ1n) is 8.34. The summed E-state index contributed by atoms with van der Waals surface area (Å²) >= 11 is 0. The summed E-state index contributed by atoms with van der Waals surface area (Å²) in [4.78, 5) is 26.0. The first kappa shape index (κ1) is 18.0. The molecule has 0 unspecified atom stereocenters. The largest absolute Gasteiger partial charge is 0.354 e. The van der Waals surface area contributed by atoms with Crippen molar-refractivity contribution in [3.05, 3.63) is 0 Å². The fourth-order valence-electron chi connectivity index (χ4n) is 2.81. The van der Waals surface area contributed by atoms with Gasteiger partial charge in [-0.05, 0) is 52.6 Å². The van der Waals surface area contributed by atoms with Gasteiger partial charge < -0.3 is 15.5 Å². The molecule has 0 saturated carbocycles. The zero-order valence-corrected chi connectivity index (χ0v) is 13.8. The number of hydrogen-bond acceptors (Lipinski definition) is 3. The maximum absolute atomic E-state index is 12.4. The van der Waals surface area contributed by atoms with Crippen LogP contribution in [0.15, 0.2) is 0 Å². The first-order chi connectivity index (χ1) is 10.0. The van der Waals surface area contributed by atoms with Crippen LogP contribution in [0.4, 0.5) is 0 Å². The fourth-order valence-corrected chi connectivity index (χ4v) is 2.81. The number of carbonyl (C=O) groups is 2. The van der Waals surface area contributed by atoms with Crippen LogP contribution in [0, 0.1) is 0 Å². The van der Waals surface area contributed by atoms with Gasteiger partial charge in [-0.1, -0.05) is 6.92 Å². The molecule has 0 radical (unpaired) electrons. The molecule has 0 aliphatic carbocycles. The highest BCUT2D eigenvalue weighted by Gasteiger charge is 2.24. The predicted molar refractivity (Wildman–Crippen MR) is 85.0 cm³/mol. The lowest BCUT2D eigenvalue weighted by Gasteiger charge is -2.34. The number of hydrogen-bond donors (Lipinski definition) is 2. The molecule has 2 N–H and O–H groups in total. The predicted octanol–water partition coefficient (Wildman–Crippen LogP) is 1.67. The molecule has 21 heavy (non-hydrogen) atoms. The van der Waals surface area contributed by atoms with Gasteiger partial charge in [-0.25, -0.2) is 0 Å². The highest BCUT2D eigenvalue weighted by molar-refractivity contribution is 5.79. The van der Waals surface area contributed by atoms with Crippen LogP contribution in [-0.2, 0) is 9.59 Å². The lowest BCUT2D eigenvalue weighted by molar-refractivity contribution is -0.134. The van der Waals surface area contributed by atoms with E-state index >= 15 is 0 Å². The second kappa shape index (κ2) is 9.77. The maximum atomic E-state index is 12.4. The average molecular weight is 297 g/mol. The van der Waals surface area contributed by atoms with E-state index in [1.807, 2.05) is 18.7 Å². The van der Waals surface area contributed by atoms with E-state index in [1.54, 1.807) is 0 Å². The van der Waals surface area contributed by atoms with Gasteiger partial charge in [0.15, 0.2) is 0 Å². The molecule has 2 amide bonds. The van der Waals surface area contributed by atoms with Crippen LogP contribution in [0.5, 0.6) is 0 Å². The molecule has 0 aromatic heterocycles. The second-order valence-electron chi connectivity index (χ2n) is 6.14. The van der Waals surface area contributed by atoms with E-state index in [-0.39, 0.29) is 17.9 Å². The Morgan fingerprint density at radius 3 is 2.48 bits per heavy atom. The summed E-state index contributed by atoms with van der Waals surface area (Å²) in [6, 6.07) is 0.544. The molecule has 1 aliphatic heterocycles. The minimum absolute atomic E-state index is 0.0432. The molecular weight excluding hydrogens is 266 g/mol. The van der Waals surface area contributed by atoms with Crippen molar-refractivity contribution in [1.29, 1.82) is 0 Å². The number of nitrogens with zero attached hydrogens (tertiary/aromatic N) is 1. The maximum Gasteiger partial charge on any atom is 0.222 e. The van der Waals surface area contributed by atoms with Gasteiger partial charge in [-0.2, -0.15) is 0 Å². The van der Waals surface area contributed by atoms with Crippen LogP contribution < -0.4 is 10.6 Å². The van der Waals surface area contributed by atoms with Crippen molar-refractivity contribution >= 4 is 11.8 Å². The summed E-state index contributed by atoms with van der Waals surface area (Å²) in [5, 5.41) is 6.20. The number of rotatable bonds is 8. The van der Waals surface area contributed by atoms with E-state index in [0.717, 1.165) is 38.9 Å². The quantitative estimate of drug-likeness (QED) is 0.716. The van der Waals surface area contributed by atoms with E-state index in [9.17, 15) is 9.59 Å². The van der Waals surface area contributed by atoms with Crippen molar-refractivity contribution in [2.24, 2.45) is 0 Å². The topological polar surface area (TPSA) is 61.4 Å². The van der Waals surface area contributed by atoms with Crippen molar-refractivity contribution in [3.8, 4) is 0 Å². The molecule has 1 aliphatic rings. The van der Waals surface area contributed by atoms with Gasteiger partial charge >= 0.3 is 0 Å². The third-order valence-corrected chi connectivity index (χ3v) is 3.78. The molecule has 0 bridgehead atoms. The van der Waals surface area contributed by atoms with Gasteiger partial charge in [0.05, 0.1) is 0 Å². The fraction of sp³-hybridized carbons (Fsp3) is 0.875. The van der Waals surface area contributed by atoms with Crippen molar-refractivity contribution in [3.63, 3.8) is 0 Å². The van der Waals surface area contributed by atoms with Crippen molar-refractivity contribution in [2.75, 3.05) is 19.6 Å². The summed E-state index contributed by atoms with van der Waals surface area (Å²) in [5.74, 6) is 0.253. The molecule has 122 valence electrons. The lowest BCUT2D eigenvalue weighted by atomic mass is 10.0. The summed E-state index contributed by atoms with van der Waals surface area (Å²) in [6.45, 7) is 8.83. The van der Waals surface area contributed by atoms with Crippen LogP contribution >= 0.6 is 0 Å². The van der Waals surface area contributed by atoms with E-state index in [4.69, 9.17) is 0 Å². The molecule has 0 atom stereocenters. The molecule has 5 heteroatoms. The molecule has 1 heterocycles. The minimum Gasteiger partial charge on any atom is -0.354 e. The normalized spacial score (nSPS) is 16.0. The third-order valence-electron chi connectivity index (χ3n) is 3.78.